The van der Waals surface area contributed by atoms with Gasteiger partial charge in [0, 0.05) is 36.8 Å². The van der Waals surface area contributed by atoms with Crippen LogP contribution in [0.3, 0.4) is 0 Å². The highest BCUT2D eigenvalue weighted by molar-refractivity contribution is 7.14. The van der Waals surface area contributed by atoms with E-state index in [0.717, 1.165) is 28.2 Å². The van der Waals surface area contributed by atoms with E-state index in [1.54, 1.807) is 24.4 Å². The predicted molar refractivity (Wildman–Crippen MR) is 227 cm³/mol. The third-order valence-corrected chi connectivity index (χ3v) is 9.44. The van der Waals surface area contributed by atoms with Crippen LogP contribution in [0, 0.1) is 0 Å². The molecule has 0 saturated heterocycles. The number of oxime groups is 2. The van der Waals surface area contributed by atoms with Crippen molar-refractivity contribution < 1.29 is 62.7 Å². The van der Waals surface area contributed by atoms with E-state index in [1.807, 2.05) is 30.3 Å². The van der Waals surface area contributed by atoms with Crippen molar-refractivity contribution in [2.75, 3.05) is 44.0 Å². The standard InChI is InChI=1S/C19H21BN4O7S.C19H22N4O6S/c1-10(25)22-5-6-30-24-16(14-9-32-19(21)23-14)15(26)8-12-7-11-3-2-4-13(18(27)28)17(11)31-20(12)29;1-3-27-17(25)16(23-29-10-9-20-13(2)24)15-12-30-18(21-15)22-19(26)28-11-14-7-5-4-6-8-14/h2-4,9,12,29H,5-8H2,1H3,(H2,21,23)(H,22,25)(H,27,28);4-8,12H,3,9-11H2,1-2H3,(H,20,24)(H,21,22,26)/b24-16-;23-16-/t12-;/m1./s1. The lowest BCUT2D eigenvalue weighted by Crippen LogP contribution is -2.37. The third-order valence-electron chi connectivity index (χ3n) is 8.01. The van der Waals surface area contributed by atoms with Gasteiger partial charge >= 0.3 is 25.2 Å². The summed E-state index contributed by atoms with van der Waals surface area (Å²) in [6.45, 7) is 5.19. The van der Waals surface area contributed by atoms with Crippen LogP contribution in [0.25, 0.3) is 0 Å². The van der Waals surface area contributed by atoms with Crippen LogP contribution in [-0.2, 0) is 51.4 Å². The molecule has 0 fully saturated rings. The maximum absolute atomic E-state index is 13.0. The number of carboxylic acids is 1. The molecule has 62 heavy (non-hydrogen) atoms. The number of anilines is 2. The molecule has 0 saturated carbocycles. The number of thiazole rings is 2. The average Bonchev–Trinajstić information content (AvgIpc) is 3.88. The summed E-state index contributed by atoms with van der Waals surface area (Å²) in [6, 6.07) is 13.9. The van der Waals surface area contributed by atoms with Gasteiger partial charge in [0.15, 0.2) is 21.8 Å². The SMILES string of the molecule is CC(=O)NCCO/N=C(\C(=O)C[C@H]1Cc2cccc(C(=O)O)c2OB1O)c1csc(N)n1.CCOC(=O)/C(=N\OCCNC(C)=O)c1csc(NC(=O)OCc2ccccc2)n1. The number of hydrogen-bond acceptors (Lipinski definition) is 19. The number of nitrogens with one attached hydrogen (secondary N) is 3. The molecule has 0 bridgehead atoms. The Morgan fingerprint density at radius 3 is 2.15 bits per heavy atom. The minimum absolute atomic E-state index is 0.0382. The lowest BCUT2D eigenvalue weighted by molar-refractivity contribution is -0.135. The number of carboxylic acid groups (broad SMARTS) is 1. The van der Waals surface area contributed by atoms with E-state index in [-0.39, 0.29) is 109 Å². The van der Waals surface area contributed by atoms with Crippen molar-refractivity contribution in [2.45, 2.75) is 46.0 Å². The number of nitrogen functional groups attached to an aromatic ring is 1. The fourth-order valence-electron chi connectivity index (χ4n) is 5.24. The van der Waals surface area contributed by atoms with Gasteiger partial charge in [-0.15, -0.1) is 22.7 Å². The zero-order chi connectivity index (χ0) is 45.0. The number of nitrogens with two attached hydrogens (primary N) is 1. The monoisotopic (exact) mass is 894 g/mol. The molecule has 328 valence electrons. The van der Waals surface area contributed by atoms with Crippen molar-refractivity contribution >= 4 is 87.1 Å². The van der Waals surface area contributed by atoms with E-state index in [2.05, 4.69) is 36.2 Å². The molecule has 21 nitrogen and oxygen atoms in total. The summed E-state index contributed by atoms with van der Waals surface area (Å²) >= 11 is 2.22. The fourth-order valence-corrected chi connectivity index (χ4v) is 6.47. The van der Waals surface area contributed by atoms with Crippen LogP contribution >= 0.6 is 22.7 Å². The molecule has 3 amide bonds. The van der Waals surface area contributed by atoms with Gasteiger partial charge in [0.25, 0.3) is 0 Å². The highest BCUT2D eigenvalue weighted by atomic mass is 32.1. The second kappa shape index (κ2) is 24.4. The van der Waals surface area contributed by atoms with Crippen LogP contribution in [0.5, 0.6) is 5.75 Å². The molecule has 0 unspecified atom stereocenters. The van der Waals surface area contributed by atoms with E-state index in [0.29, 0.717) is 5.56 Å². The number of ether oxygens (including phenoxy) is 2. The lowest BCUT2D eigenvalue weighted by atomic mass is 9.64. The molecule has 3 heterocycles. The molecule has 1 atom stereocenters. The summed E-state index contributed by atoms with van der Waals surface area (Å²) in [6.07, 6.45) is -0.594. The molecular weight excluding hydrogens is 851 g/mol. The average molecular weight is 895 g/mol. The number of carbonyl (C=O) groups is 6. The van der Waals surface area contributed by atoms with Gasteiger partial charge in [-0.25, -0.2) is 24.4 Å². The van der Waals surface area contributed by atoms with E-state index in [1.165, 1.54) is 25.3 Å². The number of fused-ring (bicyclic) bond motifs is 1. The number of Topliss-reactive ketones (excluding diaryl/α,β-unsaturated/α-hetero) is 1. The molecule has 2 aromatic heterocycles. The van der Waals surface area contributed by atoms with Crippen LogP contribution < -0.4 is 26.3 Å². The Hall–Kier alpha value is -6.92. The summed E-state index contributed by atoms with van der Waals surface area (Å²) in [5.74, 6) is -3.32. The van der Waals surface area contributed by atoms with Crippen LogP contribution in [0.2, 0.25) is 5.82 Å². The summed E-state index contributed by atoms with van der Waals surface area (Å²) in [4.78, 5) is 88.7. The van der Waals surface area contributed by atoms with E-state index in [9.17, 15) is 38.9 Å². The number of hydrogen-bond donors (Lipinski definition) is 6. The van der Waals surface area contributed by atoms with Crippen LogP contribution in [0.15, 0.2) is 69.6 Å². The Labute approximate surface area is 362 Å². The Kier molecular flexibility index (Phi) is 18.8. The van der Waals surface area contributed by atoms with Crippen molar-refractivity contribution in [1.82, 2.24) is 20.6 Å². The minimum atomic E-state index is -1.38. The van der Waals surface area contributed by atoms with Crippen LogP contribution in [0.4, 0.5) is 15.1 Å². The lowest BCUT2D eigenvalue weighted by Gasteiger charge is -2.28. The first-order valence-corrected chi connectivity index (χ1v) is 20.5. The topological polar surface area (TPSA) is 302 Å². The highest BCUT2D eigenvalue weighted by Crippen LogP contribution is 2.36. The highest BCUT2D eigenvalue weighted by Gasteiger charge is 2.39. The van der Waals surface area contributed by atoms with E-state index < -0.39 is 36.8 Å². The number of nitrogens with zero attached hydrogens (tertiary/aromatic N) is 4. The van der Waals surface area contributed by atoms with Crippen molar-refractivity contribution in [2.24, 2.45) is 10.3 Å². The zero-order valence-electron chi connectivity index (χ0n) is 33.7. The van der Waals surface area contributed by atoms with Crippen LogP contribution in [-0.4, -0.2) is 107 Å². The number of para-hydroxylation sites is 1. The molecule has 24 heteroatoms. The first kappa shape index (κ1) is 47.8. The normalized spacial score (nSPS) is 13.2. The largest absolute Gasteiger partial charge is 0.535 e. The van der Waals surface area contributed by atoms with Crippen molar-refractivity contribution in [1.29, 1.82) is 0 Å². The van der Waals surface area contributed by atoms with Crippen LogP contribution in [0.1, 0.15) is 60.1 Å². The molecule has 5 rings (SSSR count). The van der Waals surface area contributed by atoms with Gasteiger partial charge in [0.05, 0.1) is 25.3 Å². The maximum atomic E-state index is 13.0. The van der Waals surface area contributed by atoms with Gasteiger partial charge in [0.1, 0.15) is 37.0 Å². The molecular formula is C38H43BN8O13S2. The molecule has 2 aromatic carbocycles. The van der Waals surface area contributed by atoms with Gasteiger partial charge in [-0.3, -0.25) is 19.7 Å². The Balaban J connectivity index is 0.000000273. The number of aromatic carboxylic acids is 1. The van der Waals surface area contributed by atoms with Crippen molar-refractivity contribution in [3.05, 3.63) is 87.4 Å². The van der Waals surface area contributed by atoms with E-state index in [4.69, 9.17) is 29.5 Å². The number of carbonyl (C=O) groups excluding carboxylic acids is 5. The first-order chi connectivity index (χ1) is 29.7. The summed E-state index contributed by atoms with van der Waals surface area (Å²) in [5.41, 5.74) is 7.23. The Morgan fingerprint density at radius 1 is 0.887 bits per heavy atom. The quantitative estimate of drug-likeness (QED) is 0.0259. The van der Waals surface area contributed by atoms with Gasteiger partial charge < -0.3 is 50.3 Å². The maximum Gasteiger partial charge on any atom is 0.526 e. The summed E-state index contributed by atoms with van der Waals surface area (Å²) in [5, 5.41) is 38.5. The molecule has 1 aliphatic rings. The Morgan fingerprint density at radius 2 is 1.53 bits per heavy atom. The molecule has 1 aliphatic heterocycles. The van der Waals surface area contributed by atoms with Gasteiger partial charge in [-0.05, 0) is 30.5 Å². The third kappa shape index (κ3) is 15.3. The number of esters is 1. The zero-order valence-corrected chi connectivity index (χ0v) is 35.3. The molecule has 7 N–H and O–H groups in total. The minimum Gasteiger partial charge on any atom is -0.535 e. The number of ketones is 1. The van der Waals surface area contributed by atoms with Gasteiger partial charge in [0.2, 0.25) is 17.5 Å². The molecule has 0 radical (unpaired) electrons. The smallest absolute Gasteiger partial charge is 0.526 e. The Bertz CT molecular complexity index is 2250. The number of aromatic nitrogens is 2. The molecule has 0 aliphatic carbocycles. The summed E-state index contributed by atoms with van der Waals surface area (Å²) < 4.78 is 15.5. The second-order valence-electron chi connectivity index (χ2n) is 12.7. The second-order valence-corrected chi connectivity index (χ2v) is 14.5. The molecule has 0 spiro atoms. The van der Waals surface area contributed by atoms with Gasteiger partial charge in [-0.1, -0.05) is 52.8 Å². The predicted octanol–water partition coefficient (Wildman–Crippen LogP) is 3.04. The van der Waals surface area contributed by atoms with Crippen molar-refractivity contribution in [3.63, 3.8) is 0 Å². The fraction of sp³-hybridized carbons (Fsp3) is 0.316. The number of amides is 3. The number of benzene rings is 2. The first-order valence-electron chi connectivity index (χ1n) is 18.7. The van der Waals surface area contributed by atoms with Crippen molar-refractivity contribution in [3.8, 4) is 5.75 Å². The van der Waals surface area contributed by atoms with Gasteiger partial charge in [-0.2, -0.15) is 0 Å². The summed E-state index contributed by atoms with van der Waals surface area (Å²) in [7, 11) is -1.38. The van der Waals surface area contributed by atoms with E-state index >= 15 is 0 Å². The molecule has 4 aromatic rings. The number of rotatable bonds is 19.